The van der Waals surface area contributed by atoms with Crippen LogP contribution in [0.5, 0.6) is 5.75 Å². The van der Waals surface area contributed by atoms with Crippen molar-refractivity contribution in [1.82, 2.24) is 9.80 Å². The first-order valence-corrected chi connectivity index (χ1v) is 7.69. The van der Waals surface area contributed by atoms with E-state index in [0.717, 1.165) is 51.4 Å². The number of nitrogens with zero attached hydrogens (tertiary/aromatic N) is 2. The lowest BCUT2D eigenvalue weighted by molar-refractivity contribution is 0.0636. The summed E-state index contributed by atoms with van der Waals surface area (Å²) in [7, 11) is 0. The molecule has 21 heavy (non-hydrogen) atoms. The molecule has 116 valence electrons. The molecule has 5 nitrogen and oxygen atoms in total. The minimum Gasteiger partial charge on any atom is -0.494 e. The predicted molar refractivity (Wildman–Crippen MR) is 83.6 cm³/mol. The Bertz CT molecular complexity index is 457. The third-order valence-electron chi connectivity index (χ3n) is 3.73. The Labute approximate surface area is 126 Å². The Balaban J connectivity index is 1.91. The van der Waals surface area contributed by atoms with Gasteiger partial charge in [-0.15, -0.1) is 0 Å². The van der Waals surface area contributed by atoms with Crippen LogP contribution in [0.25, 0.3) is 0 Å². The number of nitrogens with two attached hydrogens (primary N) is 1. The van der Waals surface area contributed by atoms with Crippen molar-refractivity contribution in [2.45, 2.75) is 13.3 Å². The fourth-order valence-corrected chi connectivity index (χ4v) is 2.56. The van der Waals surface area contributed by atoms with E-state index in [-0.39, 0.29) is 5.91 Å². The minimum absolute atomic E-state index is 0.0926. The second kappa shape index (κ2) is 8.00. The molecule has 0 radical (unpaired) electrons. The highest BCUT2D eigenvalue weighted by Crippen LogP contribution is 2.16. The highest BCUT2D eigenvalue weighted by molar-refractivity contribution is 5.94. The summed E-state index contributed by atoms with van der Waals surface area (Å²) in [6, 6.07) is 7.43. The van der Waals surface area contributed by atoms with Crippen molar-refractivity contribution in [3.8, 4) is 5.75 Å². The van der Waals surface area contributed by atoms with Crippen molar-refractivity contribution in [2.75, 3.05) is 45.9 Å². The van der Waals surface area contributed by atoms with Gasteiger partial charge >= 0.3 is 0 Å². The molecule has 0 spiro atoms. The number of carbonyl (C=O) groups is 1. The van der Waals surface area contributed by atoms with E-state index in [2.05, 4.69) is 4.90 Å². The van der Waals surface area contributed by atoms with Crippen LogP contribution in [0.2, 0.25) is 0 Å². The van der Waals surface area contributed by atoms with Crippen LogP contribution in [-0.4, -0.2) is 61.6 Å². The minimum atomic E-state index is 0.0926. The maximum Gasteiger partial charge on any atom is 0.254 e. The van der Waals surface area contributed by atoms with Crippen LogP contribution >= 0.6 is 0 Å². The number of piperazine rings is 1. The van der Waals surface area contributed by atoms with Gasteiger partial charge in [-0.25, -0.2) is 0 Å². The Morgan fingerprint density at radius 1 is 1.29 bits per heavy atom. The first kappa shape index (κ1) is 15.8. The quantitative estimate of drug-likeness (QED) is 0.855. The maximum atomic E-state index is 12.5. The van der Waals surface area contributed by atoms with Crippen LogP contribution in [0.1, 0.15) is 23.7 Å². The molecule has 5 heteroatoms. The molecule has 0 aliphatic carbocycles. The largest absolute Gasteiger partial charge is 0.494 e. The van der Waals surface area contributed by atoms with Gasteiger partial charge in [-0.1, -0.05) is 6.07 Å². The molecule has 1 aromatic rings. The molecule has 0 saturated carbocycles. The van der Waals surface area contributed by atoms with Gasteiger partial charge in [0.2, 0.25) is 0 Å². The average Bonchev–Trinajstić information content (AvgIpc) is 2.53. The predicted octanol–water partition coefficient (Wildman–Crippen LogP) is 1.19. The van der Waals surface area contributed by atoms with Crippen molar-refractivity contribution < 1.29 is 9.53 Å². The number of hydrogen-bond acceptors (Lipinski definition) is 4. The van der Waals surface area contributed by atoms with Gasteiger partial charge in [-0.2, -0.15) is 0 Å². The van der Waals surface area contributed by atoms with E-state index in [9.17, 15) is 4.79 Å². The van der Waals surface area contributed by atoms with Gasteiger partial charge in [0.05, 0.1) is 6.61 Å². The van der Waals surface area contributed by atoms with E-state index < -0.39 is 0 Å². The summed E-state index contributed by atoms with van der Waals surface area (Å²) in [5, 5.41) is 0. The molecule has 0 unspecified atom stereocenters. The van der Waals surface area contributed by atoms with Crippen molar-refractivity contribution in [3.05, 3.63) is 29.8 Å². The van der Waals surface area contributed by atoms with Crippen LogP contribution < -0.4 is 10.5 Å². The second-order valence-corrected chi connectivity index (χ2v) is 5.24. The summed E-state index contributed by atoms with van der Waals surface area (Å²) >= 11 is 0. The highest BCUT2D eigenvalue weighted by atomic mass is 16.5. The fraction of sp³-hybridized carbons (Fsp3) is 0.562. The van der Waals surface area contributed by atoms with E-state index in [1.165, 1.54) is 0 Å². The average molecular weight is 291 g/mol. The van der Waals surface area contributed by atoms with Crippen LogP contribution in [0.4, 0.5) is 0 Å². The van der Waals surface area contributed by atoms with Gasteiger partial charge in [0.15, 0.2) is 0 Å². The first-order chi connectivity index (χ1) is 10.2. The Morgan fingerprint density at radius 3 is 2.71 bits per heavy atom. The standard InChI is InChI=1S/C16H25N3O2/c1-2-21-15-6-3-5-14(13-15)16(20)19-11-9-18(10-12-19)8-4-7-17/h3,5-6,13H,2,4,7-12,17H2,1H3. The van der Waals surface area contributed by atoms with Crippen LogP contribution in [0, 0.1) is 0 Å². The lowest BCUT2D eigenvalue weighted by Gasteiger charge is -2.34. The zero-order valence-electron chi connectivity index (χ0n) is 12.8. The van der Waals surface area contributed by atoms with Gasteiger partial charge in [0, 0.05) is 31.7 Å². The SMILES string of the molecule is CCOc1cccc(C(=O)N2CCN(CCCN)CC2)c1. The first-order valence-electron chi connectivity index (χ1n) is 7.69. The lowest BCUT2D eigenvalue weighted by Crippen LogP contribution is -2.49. The number of rotatable bonds is 6. The summed E-state index contributed by atoms with van der Waals surface area (Å²) in [5.41, 5.74) is 6.24. The smallest absolute Gasteiger partial charge is 0.254 e. The van der Waals surface area contributed by atoms with Gasteiger partial charge < -0.3 is 15.4 Å². The normalized spacial score (nSPS) is 16.0. The molecule has 1 saturated heterocycles. The highest BCUT2D eigenvalue weighted by Gasteiger charge is 2.21. The monoisotopic (exact) mass is 291 g/mol. The van der Waals surface area contributed by atoms with Gasteiger partial charge in [0.25, 0.3) is 5.91 Å². The molecule has 2 N–H and O–H groups in total. The van der Waals surface area contributed by atoms with Crippen molar-refractivity contribution in [1.29, 1.82) is 0 Å². The summed E-state index contributed by atoms with van der Waals surface area (Å²) < 4.78 is 5.45. The molecule has 1 heterocycles. The number of hydrogen-bond donors (Lipinski definition) is 1. The molecule has 1 aliphatic heterocycles. The van der Waals surface area contributed by atoms with Crippen LogP contribution in [-0.2, 0) is 0 Å². The Morgan fingerprint density at radius 2 is 2.05 bits per heavy atom. The topological polar surface area (TPSA) is 58.8 Å². The molecule has 0 aromatic heterocycles. The van der Waals surface area contributed by atoms with Gasteiger partial charge in [0.1, 0.15) is 5.75 Å². The van der Waals surface area contributed by atoms with Crippen LogP contribution in [0.3, 0.4) is 0 Å². The number of amides is 1. The fourth-order valence-electron chi connectivity index (χ4n) is 2.56. The molecular weight excluding hydrogens is 266 g/mol. The molecular formula is C16H25N3O2. The Hall–Kier alpha value is -1.59. The van der Waals surface area contributed by atoms with E-state index in [4.69, 9.17) is 10.5 Å². The van der Waals surface area contributed by atoms with Crippen molar-refractivity contribution >= 4 is 5.91 Å². The zero-order valence-corrected chi connectivity index (χ0v) is 12.8. The summed E-state index contributed by atoms with van der Waals surface area (Å²) in [6.07, 6.45) is 1.02. The molecule has 0 bridgehead atoms. The maximum absolute atomic E-state index is 12.5. The summed E-state index contributed by atoms with van der Waals surface area (Å²) in [5.74, 6) is 0.847. The second-order valence-electron chi connectivity index (χ2n) is 5.24. The zero-order chi connectivity index (χ0) is 15.1. The van der Waals surface area contributed by atoms with E-state index in [0.29, 0.717) is 12.2 Å². The third kappa shape index (κ3) is 4.44. The molecule has 1 amide bonds. The molecule has 1 aliphatic rings. The number of carbonyl (C=O) groups excluding carboxylic acids is 1. The molecule has 1 aromatic carbocycles. The van der Waals surface area contributed by atoms with E-state index in [1.54, 1.807) is 0 Å². The molecule has 0 atom stereocenters. The lowest BCUT2D eigenvalue weighted by atomic mass is 10.1. The summed E-state index contributed by atoms with van der Waals surface area (Å²) in [6.45, 7) is 7.71. The van der Waals surface area contributed by atoms with E-state index in [1.807, 2.05) is 36.1 Å². The van der Waals surface area contributed by atoms with Crippen molar-refractivity contribution in [2.24, 2.45) is 5.73 Å². The van der Waals surface area contributed by atoms with Gasteiger partial charge in [-0.05, 0) is 44.6 Å². The Kier molecular flexibility index (Phi) is 6.02. The van der Waals surface area contributed by atoms with Crippen LogP contribution in [0.15, 0.2) is 24.3 Å². The number of benzene rings is 1. The number of ether oxygens (including phenoxy) is 1. The van der Waals surface area contributed by atoms with Gasteiger partial charge in [-0.3, -0.25) is 9.69 Å². The molecule has 2 rings (SSSR count). The molecule has 1 fully saturated rings. The van der Waals surface area contributed by atoms with E-state index >= 15 is 0 Å². The summed E-state index contributed by atoms with van der Waals surface area (Å²) in [4.78, 5) is 16.8. The van der Waals surface area contributed by atoms with Crippen molar-refractivity contribution in [3.63, 3.8) is 0 Å². The third-order valence-corrected chi connectivity index (χ3v) is 3.73.